The standard InChI is InChI=1S/C6H9NO3/c1-3(5(7)8)4(2)6(9)10/h3-4H,1H2,2H3,(H2-,7,8,9,10)/p+1. The second-order valence-corrected chi connectivity index (χ2v) is 2.14. The van der Waals surface area contributed by atoms with Crippen molar-refractivity contribution in [2.75, 3.05) is 0 Å². The summed E-state index contributed by atoms with van der Waals surface area (Å²) in [5.41, 5.74) is 4.81. The molecule has 10 heavy (non-hydrogen) atoms. The van der Waals surface area contributed by atoms with Crippen LogP contribution in [0.5, 0.6) is 0 Å². The molecule has 2 unspecified atom stereocenters. The summed E-state index contributed by atoms with van der Waals surface area (Å²) in [6.07, 6.45) is 0. The minimum Gasteiger partial charge on any atom is -0.481 e. The zero-order chi connectivity index (χ0) is 8.31. The van der Waals surface area contributed by atoms with Crippen LogP contribution in [0.2, 0.25) is 0 Å². The molecule has 0 aromatic rings. The Kier molecular flexibility index (Phi) is 2.73. The van der Waals surface area contributed by atoms with Crippen LogP contribution < -0.4 is 5.73 Å². The summed E-state index contributed by atoms with van der Waals surface area (Å²) in [7, 11) is 0. The molecular weight excluding hydrogens is 134 g/mol. The van der Waals surface area contributed by atoms with Gasteiger partial charge in [0.2, 0.25) is 0 Å². The number of amides is 1. The zero-order valence-electron chi connectivity index (χ0n) is 5.70. The smallest absolute Gasteiger partial charge is 0.311 e. The van der Waals surface area contributed by atoms with Gasteiger partial charge in [0.15, 0.2) is 5.92 Å². The molecule has 4 nitrogen and oxygen atoms in total. The summed E-state index contributed by atoms with van der Waals surface area (Å²) in [6, 6.07) is 0. The summed E-state index contributed by atoms with van der Waals surface area (Å²) in [5, 5.41) is 8.35. The molecular formula is C6H10NO3+. The second kappa shape index (κ2) is 3.10. The lowest BCUT2D eigenvalue weighted by molar-refractivity contribution is -0.144. The highest BCUT2D eigenvalue weighted by atomic mass is 16.4. The SMILES string of the molecule is [CH2+]C(C(N)=O)C(C)C(=O)O. The first kappa shape index (κ1) is 8.81. The molecule has 0 aromatic heterocycles. The number of nitrogens with two attached hydrogens (primary N) is 1. The number of carbonyl (C=O) groups excluding carboxylic acids is 1. The highest BCUT2D eigenvalue weighted by Gasteiger charge is 2.29. The number of carboxylic acids is 1. The number of carbonyl (C=O) groups is 2. The Balaban J connectivity index is 4.07. The molecule has 4 heteroatoms. The second-order valence-electron chi connectivity index (χ2n) is 2.14. The minimum atomic E-state index is -1.06. The number of hydrogen-bond acceptors (Lipinski definition) is 2. The molecule has 0 radical (unpaired) electrons. The fourth-order valence-electron chi connectivity index (χ4n) is 0.419. The lowest BCUT2D eigenvalue weighted by Crippen LogP contribution is -2.30. The number of primary amides is 1. The largest absolute Gasteiger partial charge is 0.481 e. The van der Waals surface area contributed by atoms with E-state index in [0.29, 0.717) is 0 Å². The molecule has 0 saturated carbocycles. The Hall–Kier alpha value is -1.19. The molecule has 0 heterocycles. The zero-order valence-corrected chi connectivity index (χ0v) is 5.70. The Bertz CT molecular complexity index is 137. The summed E-state index contributed by atoms with van der Waals surface area (Å²) in [5.74, 6) is -3.40. The van der Waals surface area contributed by atoms with Crippen molar-refractivity contribution in [1.29, 1.82) is 0 Å². The fourth-order valence-corrected chi connectivity index (χ4v) is 0.419. The Morgan fingerprint density at radius 1 is 1.60 bits per heavy atom. The molecule has 0 saturated heterocycles. The van der Waals surface area contributed by atoms with Crippen molar-refractivity contribution in [3.05, 3.63) is 6.92 Å². The average Bonchev–Trinajstić information content (AvgIpc) is 1.84. The maximum absolute atomic E-state index is 10.3. The molecule has 0 aliphatic heterocycles. The highest BCUT2D eigenvalue weighted by molar-refractivity contribution is 5.83. The van der Waals surface area contributed by atoms with Crippen LogP contribution in [0, 0.1) is 18.8 Å². The number of carboxylic acid groups (broad SMARTS) is 1. The van der Waals surface area contributed by atoms with E-state index in [1.165, 1.54) is 6.92 Å². The highest BCUT2D eigenvalue weighted by Crippen LogP contribution is 2.08. The van der Waals surface area contributed by atoms with E-state index in [4.69, 9.17) is 10.8 Å². The molecule has 0 spiro atoms. The van der Waals surface area contributed by atoms with Crippen LogP contribution in [0.25, 0.3) is 0 Å². The van der Waals surface area contributed by atoms with E-state index >= 15 is 0 Å². The maximum Gasteiger partial charge on any atom is 0.311 e. The molecule has 56 valence electrons. The Labute approximate surface area is 59.0 Å². The third-order valence-corrected chi connectivity index (χ3v) is 1.36. The van der Waals surface area contributed by atoms with Gasteiger partial charge < -0.3 is 10.8 Å². The molecule has 0 rings (SSSR count). The summed E-state index contributed by atoms with van der Waals surface area (Å²) >= 11 is 0. The lowest BCUT2D eigenvalue weighted by atomic mass is 9.96. The van der Waals surface area contributed by atoms with E-state index in [1.54, 1.807) is 0 Å². The topological polar surface area (TPSA) is 80.4 Å². The van der Waals surface area contributed by atoms with Gasteiger partial charge in [-0.25, -0.2) is 0 Å². The van der Waals surface area contributed by atoms with Crippen molar-refractivity contribution < 1.29 is 14.7 Å². The number of aliphatic carboxylic acids is 1. The van der Waals surface area contributed by atoms with Crippen molar-refractivity contribution in [3.8, 4) is 0 Å². The van der Waals surface area contributed by atoms with Gasteiger partial charge in [-0.3, -0.25) is 9.59 Å². The first-order valence-electron chi connectivity index (χ1n) is 2.82. The minimum absolute atomic E-state index is 0.685. The molecule has 0 aromatic carbocycles. The Morgan fingerprint density at radius 2 is 2.00 bits per heavy atom. The predicted molar refractivity (Wildman–Crippen MR) is 34.8 cm³/mol. The van der Waals surface area contributed by atoms with E-state index in [2.05, 4.69) is 6.92 Å². The van der Waals surface area contributed by atoms with Crippen LogP contribution in [-0.4, -0.2) is 17.0 Å². The fraction of sp³-hybridized carbons (Fsp3) is 0.500. The summed E-state index contributed by atoms with van der Waals surface area (Å²) in [4.78, 5) is 20.5. The third-order valence-electron chi connectivity index (χ3n) is 1.36. The van der Waals surface area contributed by atoms with Gasteiger partial charge in [-0.1, -0.05) is 0 Å². The van der Waals surface area contributed by atoms with Gasteiger partial charge in [0.1, 0.15) is 5.92 Å². The molecule has 2 atom stereocenters. The van der Waals surface area contributed by atoms with Crippen molar-refractivity contribution in [2.24, 2.45) is 17.6 Å². The first-order valence-corrected chi connectivity index (χ1v) is 2.82. The van der Waals surface area contributed by atoms with Gasteiger partial charge in [-0.15, -0.1) is 0 Å². The number of rotatable bonds is 3. The van der Waals surface area contributed by atoms with E-state index in [1.807, 2.05) is 0 Å². The molecule has 0 aliphatic rings. The van der Waals surface area contributed by atoms with Crippen molar-refractivity contribution >= 4 is 11.9 Å². The Morgan fingerprint density at radius 3 is 2.10 bits per heavy atom. The van der Waals surface area contributed by atoms with E-state index < -0.39 is 23.7 Å². The predicted octanol–water partition coefficient (Wildman–Crippen LogP) is -0.357. The summed E-state index contributed by atoms with van der Waals surface area (Å²) < 4.78 is 0. The van der Waals surface area contributed by atoms with Crippen LogP contribution in [0.15, 0.2) is 0 Å². The van der Waals surface area contributed by atoms with Crippen molar-refractivity contribution in [3.63, 3.8) is 0 Å². The van der Waals surface area contributed by atoms with Crippen molar-refractivity contribution in [2.45, 2.75) is 6.92 Å². The van der Waals surface area contributed by atoms with Crippen LogP contribution in [0.3, 0.4) is 0 Å². The molecule has 1 amide bonds. The van der Waals surface area contributed by atoms with Gasteiger partial charge >= 0.3 is 5.97 Å². The summed E-state index contributed by atoms with van der Waals surface area (Å²) in [6.45, 7) is 4.70. The average molecular weight is 144 g/mol. The normalized spacial score (nSPS) is 15.7. The van der Waals surface area contributed by atoms with Gasteiger partial charge in [0, 0.05) is 0 Å². The molecule has 0 fully saturated rings. The van der Waals surface area contributed by atoms with E-state index in [9.17, 15) is 9.59 Å². The van der Waals surface area contributed by atoms with Crippen LogP contribution >= 0.6 is 0 Å². The van der Waals surface area contributed by atoms with E-state index in [-0.39, 0.29) is 0 Å². The molecule has 0 aliphatic carbocycles. The van der Waals surface area contributed by atoms with E-state index in [0.717, 1.165) is 0 Å². The van der Waals surface area contributed by atoms with Crippen molar-refractivity contribution in [1.82, 2.24) is 0 Å². The van der Waals surface area contributed by atoms with Gasteiger partial charge in [-0.05, 0) is 6.92 Å². The first-order chi connectivity index (χ1) is 4.46. The number of hydrogen-bond donors (Lipinski definition) is 2. The quantitative estimate of drug-likeness (QED) is 0.531. The lowest BCUT2D eigenvalue weighted by Gasteiger charge is -2.04. The molecule has 0 bridgehead atoms. The maximum atomic E-state index is 10.3. The van der Waals surface area contributed by atoms with Crippen LogP contribution in [0.1, 0.15) is 6.92 Å². The van der Waals surface area contributed by atoms with Gasteiger partial charge in [0.05, 0.1) is 6.92 Å². The molecule has 3 N–H and O–H groups in total. The van der Waals surface area contributed by atoms with Gasteiger partial charge in [0.25, 0.3) is 5.91 Å². The van der Waals surface area contributed by atoms with Crippen LogP contribution in [0.4, 0.5) is 0 Å². The monoisotopic (exact) mass is 144 g/mol. The third kappa shape index (κ3) is 1.97. The van der Waals surface area contributed by atoms with Crippen LogP contribution in [-0.2, 0) is 9.59 Å². The van der Waals surface area contributed by atoms with Gasteiger partial charge in [-0.2, -0.15) is 0 Å².